The van der Waals surface area contributed by atoms with Gasteiger partial charge in [0.1, 0.15) is 0 Å². The first-order valence-electron chi connectivity index (χ1n) is 8.42. The number of carbonyl (C=O) groups is 1. The maximum atomic E-state index is 11.8. The van der Waals surface area contributed by atoms with Crippen molar-refractivity contribution in [3.63, 3.8) is 0 Å². The molecule has 1 aromatic heterocycles. The number of aromatic nitrogens is 1. The molecule has 2 amide bonds. The fraction of sp³-hybridized carbons (Fsp3) is 0.412. The van der Waals surface area contributed by atoms with Crippen molar-refractivity contribution in [2.24, 2.45) is 0 Å². The van der Waals surface area contributed by atoms with Gasteiger partial charge in [-0.1, -0.05) is 12.1 Å². The average Bonchev–Trinajstić information content (AvgIpc) is 2.95. The van der Waals surface area contributed by atoms with Crippen molar-refractivity contribution in [3.8, 4) is 0 Å². The molecule has 1 aromatic carbocycles. The molecule has 0 spiro atoms. The summed E-state index contributed by atoms with van der Waals surface area (Å²) in [6.45, 7) is 6.01. The Kier molecular flexibility index (Phi) is 5.48. The van der Waals surface area contributed by atoms with Crippen molar-refractivity contribution in [1.29, 1.82) is 0 Å². The number of fused-ring (bicyclic) bond motifs is 1. The van der Waals surface area contributed by atoms with Crippen LogP contribution in [0.2, 0.25) is 0 Å². The maximum absolute atomic E-state index is 11.8. The molecule has 8 nitrogen and oxygen atoms in total. The zero-order valence-corrected chi connectivity index (χ0v) is 15.5. The molecular formula is C17H21N5O3S. The summed E-state index contributed by atoms with van der Waals surface area (Å²) >= 11 is 1.48. The molecule has 138 valence electrons. The van der Waals surface area contributed by atoms with Crippen LogP contribution < -0.4 is 10.6 Å². The lowest BCUT2D eigenvalue weighted by Gasteiger charge is -2.25. The molecule has 0 aliphatic carbocycles. The second-order valence-electron chi connectivity index (χ2n) is 6.53. The van der Waals surface area contributed by atoms with E-state index in [1.54, 1.807) is 12.1 Å². The molecule has 26 heavy (non-hydrogen) atoms. The van der Waals surface area contributed by atoms with E-state index in [0.717, 1.165) is 35.6 Å². The summed E-state index contributed by atoms with van der Waals surface area (Å²) in [7, 11) is 0. The molecule has 0 fully saturated rings. The highest BCUT2D eigenvalue weighted by atomic mass is 32.1. The zero-order valence-electron chi connectivity index (χ0n) is 14.7. The van der Waals surface area contributed by atoms with E-state index in [1.165, 1.54) is 17.4 Å². The SMILES string of the molecule is CC(C)NC(=O)Nc1nc2c(s1)CN(Cc1cccc([N+](=O)[O-])c1)CC2. The van der Waals surface area contributed by atoms with Crippen molar-refractivity contribution in [3.05, 3.63) is 50.5 Å². The minimum absolute atomic E-state index is 0.0648. The number of nitro benzene ring substituents is 1. The molecule has 2 N–H and O–H groups in total. The molecule has 2 aromatic rings. The number of hydrogen-bond acceptors (Lipinski definition) is 6. The Hall–Kier alpha value is -2.52. The van der Waals surface area contributed by atoms with Gasteiger partial charge in [0, 0.05) is 49.1 Å². The Labute approximate surface area is 155 Å². The molecule has 0 unspecified atom stereocenters. The van der Waals surface area contributed by atoms with Crippen LogP contribution in [0.15, 0.2) is 24.3 Å². The lowest BCUT2D eigenvalue weighted by Crippen LogP contribution is -2.34. The average molecular weight is 375 g/mol. The molecule has 0 saturated heterocycles. The standard InChI is InChI=1S/C17H21N5O3S/c1-11(2)18-16(23)20-17-19-14-6-7-21(10-15(14)26-17)9-12-4-3-5-13(8-12)22(24)25/h3-5,8,11H,6-7,9-10H2,1-2H3,(H2,18,19,20,23). The van der Waals surface area contributed by atoms with E-state index in [2.05, 4.69) is 20.5 Å². The van der Waals surface area contributed by atoms with Gasteiger partial charge in [-0.05, 0) is 19.4 Å². The largest absolute Gasteiger partial charge is 0.336 e. The smallest absolute Gasteiger partial charge is 0.321 e. The minimum Gasteiger partial charge on any atom is -0.336 e. The molecule has 1 aliphatic rings. The second-order valence-corrected chi connectivity index (χ2v) is 7.61. The highest BCUT2D eigenvalue weighted by Crippen LogP contribution is 2.29. The van der Waals surface area contributed by atoms with Gasteiger partial charge in [0.2, 0.25) is 0 Å². The highest BCUT2D eigenvalue weighted by Gasteiger charge is 2.22. The van der Waals surface area contributed by atoms with Gasteiger partial charge >= 0.3 is 6.03 Å². The third kappa shape index (κ3) is 4.55. The lowest BCUT2D eigenvalue weighted by molar-refractivity contribution is -0.384. The lowest BCUT2D eigenvalue weighted by atomic mass is 10.1. The molecule has 0 bridgehead atoms. The number of anilines is 1. The Balaban J connectivity index is 1.63. The number of nitrogens with zero attached hydrogens (tertiary/aromatic N) is 3. The summed E-state index contributed by atoms with van der Waals surface area (Å²) in [5, 5.41) is 17.1. The number of urea groups is 1. The predicted molar refractivity (Wildman–Crippen MR) is 100 cm³/mol. The van der Waals surface area contributed by atoms with Gasteiger partial charge in [0.05, 0.1) is 10.6 Å². The summed E-state index contributed by atoms with van der Waals surface area (Å²) in [6.07, 6.45) is 0.800. The van der Waals surface area contributed by atoms with E-state index in [9.17, 15) is 14.9 Å². The second kappa shape index (κ2) is 7.79. The van der Waals surface area contributed by atoms with Crippen LogP contribution in [-0.2, 0) is 19.5 Å². The molecular weight excluding hydrogens is 354 g/mol. The Morgan fingerprint density at radius 3 is 3.00 bits per heavy atom. The quantitative estimate of drug-likeness (QED) is 0.618. The number of hydrogen-bond donors (Lipinski definition) is 2. The number of nitro groups is 1. The first kappa shape index (κ1) is 18.3. The van der Waals surface area contributed by atoms with Crippen LogP contribution in [0.4, 0.5) is 15.6 Å². The van der Waals surface area contributed by atoms with E-state index in [-0.39, 0.29) is 22.7 Å². The van der Waals surface area contributed by atoms with E-state index >= 15 is 0 Å². The maximum Gasteiger partial charge on any atom is 0.321 e. The van der Waals surface area contributed by atoms with Crippen LogP contribution in [0.3, 0.4) is 0 Å². The molecule has 3 rings (SSSR count). The van der Waals surface area contributed by atoms with Gasteiger partial charge in [-0.3, -0.25) is 20.3 Å². The van der Waals surface area contributed by atoms with Crippen molar-refractivity contribution in [1.82, 2.24) is 15.2 Å². The number of benzene rings is 1. The summed E-state index contributed by atoms with van der Waals surface area (Å²) < 4.78 is 0. The van der Waals surface area contributed by atoms with Crippen LogP contribution >= 0.6 is 11.3 Å². The van der Waals surface area contributed by atoms with Gasteiger partial charge in [-0.15, -0.1) is 11.3 Å². The van der Waals surface area contributed by atoms with Crippen molar-refractivity contribution in [2.75, 3.05) is 11.9 Å². The number of nitrogens with one attached hydrogen (secondary N) is 2. The number of non-ortho nitro benzene ring substituents is 1. The first-order chi connectivity index (χ1) is 12.4. The third-order valence-corrected chi connectivity index (χ3v) is 4.98. The van der Waals surface area contributed by atoms with Gasteiger partial charge in [-0.2, -0.15) is 0 Å². The molecule has 0 radical (unpaired) electrons. The molecule has 2 heterocycles. The summed E-state index contributed by atoms with van der Waals surface area (Å²) in [5.74, 6) is 0. The number of rotatable bonds is 5. The minimum atomic E-state index is -0.374. The van der Waals surface area contributed by atoms with Gasteiger partial charge in [-0.25, -0.2) is 9.78 Å². The summed E-state index contributed by atoms with van der Waals surface area (Å²) in [5.41, 5.74) is 2.05. The third-order valence-electron chi connectivity index (χ3n) is 3.98. The predicted octanol–water partition coefficient (Wildman–Crippen LogP) is 3.14. The Morgan fingerprint density at radius 1 is 1.46 bits per heavy atom. The molecule has 0 atom stereocenters. The van der Waals surface area contributed by atoms with Gasteiger partial charge < -0.3 is 5.32 Å². The van der Waals surface area contributed by atoms with Crippen molar-refractivity contribution >= 4 is 28.2 Å². The summed E-state index contributed by atoms with van der Waals surface area (Å²) in [6, 6.07) is 6.55. The van der Waals surface area contributed by atoms with E-state index in [0.29, 0.717) is 11.7 Å². The first-order valence-corrected chi connectivity index (χ1v) is 9.24. The number of thiazole rings is 1. The van der Waals surface area contributed by atoms with Crippen LogP contribution in [0.5, 0.6) is 0 Å². The van der Waals surface area contributed by atoms with Crippen LogP contribution in [0, 0.1) is 10.1 Å². The van der Waals surface area contributed by atoms with Crippen molar-refractivity contribution in [2.45, 2.75) is 39.4 Å². The van der Waals surface area contributed by atoms with Crippen LogP contribution in [0.25, 0.3) is 0 Å². The fourth-order valence-electron chi connectivity index (χ4n) is 2.86. The Morgan fingerprint density at radius 2 is 2.27 bits per heavy atom. The molecule has 9 heteroatoms. The topological polar surface area (TPSA) is 100 Å². The summed E-state index contributed by atoms with van der Waals surface area (Å²) in [4.78, 5) is 30.2. The van der Waals surface area contributed by atoms with E-state index < -0.39 is 0 Å². The highest BCUT2D eigenvalue weighted by molar-refractivity contribution is 7.15. The Bertz CT molecular complexity index is 820. The van der Waals surface area contributed by atoms with Crippen LogP contribution in [-0.4, -0.2) is 33.4 Å². The molecule has 1 aliphatic heterocycles. The van der Waals surface area contributed by atoms with E-state index in [4.69, 9.17) is 0 Å². The van der Waals surface area contributed by atoms with E-state index in [1.807, 2.05) is 19.9 Å². The monoisotopic (exact) mass is 375 g/mol. The normalized spacial score (nSPS) is 14.1. The van der Waals surface area contributed by atoms with Crippen LogP contribution in [0.1, 0.15) is 30.0 Å². The number of carbonyl (C=O) groups excluding carboxylic acids is 1. The zero-order chi connectivity index (χ0) is 18.7. The van der Waals surface area contributed by atoms with Gasteiger partial charge in [0.25, 0.3) is 5.69 Å². The van der Waals surface area contributed by atoms with Crippen molar-refractivity contribution < 1.29 is 9.72 Å². The van der Waals surface area contributed by atoms with Gasteiger partial charge in [0.15, 0.2) is 5.13 Å². The molecule has 0 saturated carbocycles. The number of amides is 2. The fourth-order valence-corrected chi connectivity index (χ4v) is 3.90.